The highest BCUT2D eigenvalue weighted by molar-refractivity contribution is 7.92. The number of carbonyl (C=O) groups excluding carboxylic acids is 2. The van der Waals surface area contributed by atoms with Gasteiger partial charge in [-0.05, 0) is 56.2 Å². The van der Waals surface area contributed by atoms with E-state index in [0.717, 1.165) is 11.8 Å². The Bertz CT molecular complexity index is 984. The molecule has 0 heterocycles. The van der Waals surface area contributed by atoms with Crippen LogP contribution in [0.25, 0.3) is 0 Å². The van der Waals surface area contributed by atoms with Crippen LogP contribution in [-0.2, 0) is 14.8 Å². The van der Waals surface area contributed by atoms with Gasteiger partial charge in [0.2, 0.25) is 10.0 Å². The SMILES string of the molecule is CCOC(=O)c1ccc(C)c(NC(=O)c2ccc(C)c(NS(C)(=O)=O)c2)c1. The van der Waals surface area contributed by atoms with Crippen LogP contribution in [0.4, 0.5) is 11.4 Å². The molecule has 0 bridgehead atoms. The summed E-state index contributed by atoms with van der Waals surface area (Å²) in [6, 6.07) is 9.62. The van der Waals surface area contributed by atoms with Crippen molar-refractivity contribution in [3.63, 3.8) is 0 Å². The highest BCUT2D eigenvalue weighted by Gasteiger charge is 2.14. The van der Waals surface area contributed by atoms with Crippen LogP contribution in [0.5, 0.6) is 0 Å². The quantitative estimate of drug-likeness (QED) is 0.738. The lowest BCUT2D eigenvalue weighted by Gasteiger charge is -2.12. The molecule has 0 fully saturated rings. The maximum Gasteiger partial charge on any atom is 0.338 e. The summed E-state index contributed by atoms with van der Waals surface area (Å²) < 4.78 is 30.3. The van der Waals surface area contributed by atoms with Gasteiger partial charge in [0.15, 0.2) is 0 Å². The summed E-state index contributed by atoms with van der Waals surface area (Å²) in [4.78, 5) is 24.5. The van der Waals surface area contributed by atoms with Crippen molar-refractivity contribution in [2.24, 2.45) is 0 Å². The molecule has 0 aromatic heterocycles. The Morgan fingerprint density at radius 2 is 1.52 bits per heavy atom. The predicted molar refractivity (Wildman–Crippen MR) is 105 cm³/mol. The fourth-order valence-electron chi connectivity index (χ4n) is 2.37. The minimum atomic E-state index is -3.46. The largest absolute Gasteiger partial charge is 0.462 e. The number of ether oxygens (including phenoxy) is 1. The molecule has 2 N–H and O–H groups in total. The van der Waals surface area contributed by atoms with Crippen LogP contribution in [-0.4, -0.2) is 33.2 Å². The van der Waals surface area contributed by atoms with Gasteiger partial charge in [-0.3, -0.25) is 9.52 Å². The van der Waals surface area contributed by atoms with Gasteiger partial charge in [-0.25, -0.2) is 13.2 Å². The standard InChI is InChI=1S/C19H22N2O5S/c1-5-26-19(23)15-9-7-12(2)16(11-15)20-18(22)14-8-6-13(3)17(10-14)21-27(4,24)25/h6-11,21H,5H2,1-4H3,(H,20,22). The van der Waals surface area contributed by atoms with Gasteiger partial charge >= 0.3 is 5.97 Å². The van der Waals surface area contributed by atoms with E-state index in [1.807, 2.05) is 0 Å². The van der Waals surface area contributed by atoms with Crippen molar-refractivity contribution in [2.75, 3.05) is 22.9 Å². The molecule has 27 heavy (non-hydrogen) atoms. The van der Waals surface area contributed by atoms with Crippen molar-refractivity contribution in [3.05, 3.63) is 58.7 Å². The van der Waals surface area contributed by atoms with Crippen LogP contribution in [0.2, 0.25) is 0 Å². The van der Waals surface area contributed by atoms with E-state index in [1.54, 1.807) is 51.1 Å². The monoisotopic (exact) mass is 390 g/mol. The summed E-state index contributed by atoms with van der Waals surface area (Å²) in [5, 5.41) is 2.75. The zero-order valence-electron chi connectivity index (χ0n) is 15.6. The second-order valence-electron chi connectivity index (χ2n) is 6.11. The Hall–Kier alpha value is -2.87. The summed E-state index contributed by atoms with van der Waals surface area (Å²) in [6.07, 6.45) is 1.05. The molecule has 2 rings (SSSR count). The molecule has 0 saturated carbocycles. The van der Waals surface area contributed by atoms with Crippen LogP contribution >= 0.6 is 0 Å². The Balaban J connectivity index is 2.28. The maximum atomic E-state index is 12.6. The smallest absolute Gasteiger partial charge is 0.338 e. The van der Waals surface area contributed by atoms with Gasteiger partial charge in [0.1, 0.15) is 0 Å². The molecule has 0 radical (unpaired) electrons. The number of nitrogens with one attached hydrogen (secondary N) is 2. The number of aryl methyl sites for hydroxylation is 2. The van der Waals surface area contributed by atoms with Crippen molar-refractivity contribution >= 4 is 33.3 Å². The van der Waals surface area contributed by atoms with Gasteiger partial charge in [0, 0.05) is 11.3 Å². The van der Waals surface area contributed by atoms with Gasteiger partial charge in [-0.15, -0.1) is 0 Å². The van der Waals surface area contributed by atoms with Gasteiger partial charge < -0.3 is 10.1 Å². The molecular formula is C19H22N2O5S. The molecule has 144 valence electrons. The molecule has 0 saturated heterocycles. The Morgan fingerprint density at radius 3 is 2.11 bits per heavy atom. The second kappa shape index (κ2) is 8.22. The highest BCUT2D eigenvalue weighted by Crippen LogP contribution is 2.21. The first-order chi connectivity index (χ1) is 12.6. The minimum absolute atomic E-state index is 0.258. The van der Waals surface area contributed by atoms with E-state index in [-0.39, 0.29) is 12.2 Å². The lowest BCUT2D eigenvalue weighted by molar-refractivity contribution is 0.0526. The first-order valence-corrected chi connectivity index (χ1v) is 10.2. The lowest BCUT2D eigenvalue weighted by Crippen LogP contribution is -2.15. The van der Waals surface area contributed by atoms with Crippen LogP contribution in [0.1, 0.15) is 38.8 Å². The third-order valence-corrected chi connectivity index (χ3v) is 4.38. The molecule has 0 spiro atoms. The number of sulfonamides is 1. The molecule has 1 amide bonds. The van der Waals surface area contributed by atoms with E-state index in [0.29, 0.717) is 22.5 Å². The van der Waals surface area contributed by atoms with Crippen LogP contribution < -0.4 is 10.0 Å². The molecule has 0 unspecified atom stereocenters. The number of esters is 1. The Morgan fingerprint density at radius 1 is 0.963 bits per heavy atom. The van der Waals surface area contributed by atoms with E-state index in [2.05, 4.69) is 10.0 Å². The van der Waals surface area contributed by atoms with Gasteiger partial charge in [-0.2, -0.15) is 0 Å². The van der Waals surface area contributed by atoms with Crippen molar-refractivity contribution in [1.82, 2.24) is 0 Å². The molecular weight excluding hydrogens is 368 g/mol. The lowest BCUT2D eigenvalue weighted by atomic mass is 10.1. The molecule has 0 aliphatic rings. The van der Waals surface area contributed by atoms with E-state index >= 15 is 0 Å². The van der Waals surface area contributed by atoms with Crippen LogP contribution in [0.15, 0.2) is 36.4 Å². The average molecular weight is 390 g/mol. The van der Waals surface area contributed by atoms with Crippen LogP contribution in [0, 0.1) is 13.8 Å². The summed E-state index contributed by atoms with van der Waals surface area (Å²) in [7, 11) is -3.46. The summed E-state index contributed by atoms with van der Waals surface area (Å²) in [5.41, 5.74) is 2.90. The van der Waals surface area contributed by atoms with Gasteiger partial charge in [0.05, 0.1) is 24.1 Å². The van der Waals surface area contributed by atoms with Gasteiger partial charge in [-0.1, -0.05) is 12.1 Å². The van der Waals surface area contributed by atoms with Crippen molar-refractivity contribution in [2.45, 2.75) is 20.8 Å². The molecule has 0 atom stereocenters. The Labute approximate surface area is 158 Å². The predicted octanol–water partition coefficient (Wildman–Crippen LogP) is 3.10. The third-order valence-electron chi connectivity index (χ3n) is 3.79. The zero-order chi connectivity index (χ0) is 20.2. The Kier molecular flexibility index (Phi) is 6.22. The number of carbonyl (C=O) groups is 2. The van der Waals surface area contributed by atoms with Gasteiger partial charge in [0.25, 0.3) is 5.91 Å². The summed E-state index contributed by atoms with van der Waals surface area (Å²) in [6.45, 7) is 5.51. The second-order valence-corrected chi connectivity index (χ2v) is 7.86. The normalized spacial score (nSPS) is 11.0. The first kappa shape index (κ1) is 20.4. The molecule has 0 aliphatic carbocycles. The number of hydrogen-bond acceptors (Lipinski definition) is 5. The average Bonchev–Trinajstić information content (AvgIpc) is 2.57. The molecule has 7 nitrogen and oxygen atoms in total. The number of hydrogen-bond donors (Lipinski definition) is 2. The molecule has 2 aromatic carbocycles. The van der Waals surface area contributed by atoms with E-state index in [1.165, 1.54) is 6.07 Å². The summed E-state index contributed by atoms with van der Waals surface area (Å²) >= 11 is 0. The highest BCUT2D eigenvalue weighted by atomic mass is 32.2. The topological polar surface area (TPSA) is 102 Å². The summed E-state index contributed by atoms with van der Waals surface area (Å²) in [5.74, 6) is -0.890. The van der Waals surface area contributed by atoms with Crippen molar-refractivity contribution in [1.29, 1.82) is 0 Å². The molecule has 0 aliphatic heterocycles. The third kappa shape index (κ3) is 5.55. The fourth-order valence-corrected chi connectivity index (χ4v) is 2.98. The van der Waals surface area contributed by atoms with E-state index in [4.69, 9.17) is 4.74 Å². The zero-order valence-corrected chi connectivity index (χ0v) is 16.4. The van der Waals surface area contributed by atoms with Crippen molar-refractivity contribution in [3.8, 4) is 0 Å². The fraction of sp³-hybridized carbons (Fsp3) is 0.263. The minimum Gasteiger partial charge on any atom is -0.462 e. The molecule has 2 aromatic rings. The van der Waals surface area contributed by atoms with E-state index in [9.17, 15) is 18.0 Å². The number of rotatable bonds is 6. The maximum absolute atomic E-state index is 12.6. The van der Waals surface area contributed by atoms with Crippen molar-refractivity contribution < 1.29 is 22.7 Å². The first-order valence-electron chi connectivity index (χ1n) is 8.28. The van der Waals surface area contributed by atoms with E-state index < -0.39 is 21.9 Å². The number of benzene rings is 2. The number of amides is 1. The number of anilines is 2. The van der Waals surface area contributed by atoms with Crippen LogP contribution in [0.3, 0.4) is 0 Å². The molecule has 8 heteroatoms.